The number of nitrogens with one attached hydrogen (secondary N) is 2. The molecule has 0 saturated heterocycles. The number of carbonyl (C=O) groups excluding carboxylic acids is 1. The minimum atomic E-state index is -0.989. The third-order valence-corrected chi connectivity index (χ3v) is 3.56. The Hall–Kier alpha value is -2.34. The Kier molecular flexibility index (Phi) is 4.73. The molecule has 0 spiro atoms. The Labute approximate surface area is 120 Å². The average Bonchev–Trinajstić information content (AvgIpc) is 2.92. The van der Waals surface area contributed by atoms with E-state index in [1.54, 1.807) is 23.5 Å². The molecule has 1 aromatic carbocycles. The van der Waals surface area contributed by atoms with Crippen molar-refractivity contribution in [2.24, 2.45) is 0 Å². The van der Waals surface area contributed by atoms with E-state index in [1.165, 1.54) is 17.0 Å². The predicted molar refractivity (Wildman–Crippen MR) is 78.4 cm³/mol. The molecule has 1 aromatic heterocycles. The number of rotatable bonds is 5. The molecule has 6 heteroatoms. The van der Waals surface area contributed by atoms with Crippen LogP contribution in [0.2, 0.25) is 0 Å². The smallest absolute Gasteiger partial charge is 0.335 e. The summed E-state index contributed by atoms with van der Waals surface area (Å²) in [5.41, 5.74) is 0.747. The molecule has 104 valence electrons. The van der Waals surface area contributed by atoms with Crippen LogP contribution in [0.1, 0.15) is 15.2 Å². The van der Waals surface area contributed by atoms with Crippen LogP contribution in [0.4, 0.5) is 10.5 Å². The van der Waals surface area contributed by atoms with Gasteiger partial charge in [0.25, 0.3) is 0 Å². The van der Waals surface area contributed by atoms with Crippen LogP contribution < -0.4 is 10.6 Å². The fraction of sp³-hybridized carbons (Fsp3) is 0.143. The van der Waals surface area contributed by atoms with Gasteiger partial charge in [-0.1, -0.05) is 6.07 Å². The lowest BCUT2D eigenvalue weighted by atomic mass is 10.2. The van der Waals surface area contributed by atoms with Gasteiger partial charge in [-0.2, -0.15) is 0 Å². The molecular weight excluding hydrogens is 276 g/mol. The standard InChI is InChI=1S/C14H14N2O3S/c17-13(18)10-3-5-11(6-4-10)16-14(19)15-8-7-12-2-1-9-20-12/h1-6,9H,7-8H2,(H,17,18)(H2,15,16,19). The lowest BCUT2D eigenvalue weighted by molar-refractivity contribution is 0.0697. The maximum Gasteiger partial charge on any atom is 0.335 e. The normalized spacial score (nSPS) is 10.0. The number of hydrogen-bond donors (Lipinski definition) is 3. The number of anilines is 1. The minimum absolute atomic E-state index is 0.189. The van der Waals surface area contributed by atoms with Gasteiger partial charge in [0, 0.05) is 17.1 Å². The number of carboxylic acids is 1. The van der Waals surface area contributed by atoms with E-state index in [2.05, 4.69) is 10.6 Å². The first-order valence-electron chi connectivity index (χ1n) is 6.06. The molecule has 3 N–H and O–H groups in total. The predicted octanol–water partition coefficient (Wildman–Crippen LogP) is 2.81. The van der Waals surface area contributed by atoms with Crippen molar-refractivity contribution in [3.8, 4) is 0 Å². The number of aromatic carboxylic acids is 1. The third-order valence-electron chi connectivity index (χ3n) is 2.63. The van der Waals surface area contributed by atoms with Gasteiger partial charge in [-0.15, -0.1) is 11.3 Å². The number of amides is 2. The first kappa shape index (κ1) is 14.1. The third kappa shape index (κ3) is 4.10. The number of hydrogen-bond acceptors (Lipinski definition) is 3. The highest BCUT2D eigenvalue weighted by atomic mass is 32.1. The summed E-state index contributed by atoms with van der Waals surface area (Å²) in [7, 11) is 0. The van der Waals surface area contributed by atoms with Crippen LogP contribution in [0, 0.1) is 0 Å². The van der Waals surface area contributed by atoms with Crippen LogP contribution in [0.3, 0.4) is 0 Å². The zero-order chi connectivity index (χ0) is 14.4. The molecule has 5 nitrogen and oxygen atoms in total. The second kappa shape index (κ2) is 6.72. The fourth-order valence-corrected chi connectivity index (χ4v) is 2.33. The molecule has 0 fully saturated rings. The maximum absolute atomic E-state index is 11.6. The molecule has 2 aromatic rings. The largest absolute Gasteiger partial charge is 0.478 e. The van der Waals surface area contributed by atoms with Gasteiger partial charge in [-0.05, 0) is 42.1 Å². The van der Waals surface area contributed by atoms with E-state index in [4.69, 9.17) is 5.11 Å². The van der Waals surface area contributed by atoms with Gasteiger partial charge in [0.2, 0.25) is 0 Å². The molecule has 0 unspecified atom stereocenters. The average molecular weight is 290 g/mol. The first-order chi connectivity index (χ1) is 9.65. The van der Waals surface area contributed by atoms with Gasteiger partial charge in [0.15, 0.2) is 0 Å². The molecule has 0 aliphatic carbocycles. The fourth-order valence-electron chi connectivity index (χ4n) is 1.63. The molecule has 2 amide bonds. The summed E-state index contributed by atoms with van der Waals surface area (Å²) in [6.07, 6.45) is 0.795. The Morgan fingerprint density at radius 2 is 1.90 bits per heavy atom. The van der Waals surface area contributed by atoms with Gasteiger partial charge >= 0.3 is 12.0 Å². The summed E-state index contributed by atoms with van der Waals surface area (Å²) < 4.78 is 0. The van der Waals surface area contributed by atoms with Crippen LogP contribution in [-0.4, -0.2) is 23.7 Å². The number of carboxylic acid groups (broad SMARTS) is 1. The van der Waals surface area contributed by atoms with Crippen molar-refractivity contribution >= 4 is 29.0 Å². The van der Waals surface area contributed by atoms with Gasteiger partial charge in [-0.3, -0.25) is 0 Å². The zero-order valence-electron chi connectivity index (χ0n) is 10.6. The van der Waals surface area contributed by atoms with Gasteiger partial charge in [0.1, 0.15) is 0 Å². The van der Waals surface area contributed by atoms with Gasteiger partial charge in [0.05, 0.1) is 5.56 Å². The zero-order valence-corrected chi connectivity index (χ0v) is 11.4. The van der Waals surface area contributed by atoms with Crippen molar-refractivity contribution < 1.29 is 14.7 Å². The Morgan fingerprint density at radius 1 is 1.15 bits per heavy atom. The summed E-state index contributed by atoms with van der Waals surface area (Å²) >= 11 is 1.66. The molecule has 0 bridgehead atoms. The Morgan fingerprint density at radius 3 is 2.50 bits per heavy atom. The lowest BCUT2D eigenvalue weighted by Gasteiger charge is -2.07. The number of urea groups is 1. The van der Waals surface area contributed by atoms with Crippen molar-refractivity contribution in [2.75, 3.05) is 11.9 Å². The van der Waals surface area contributed by atoms with E-state index < -0.39 is 5.97 Å². The SMILES string of the molecule is O=C(NCCc1cccs1)Nc1ccc(C(=O)O)cc1. The van der Waals surface area contributed by atoms with Crippen molar-refractivity contribution in [1.29, 1.82) is 0 Å². The highest BCUT2D eigenvalue weighted by molar-refractivity contribution is 7.09. The number of thiophene rings is 1. The van der Waals surface area contributed by atoms with Crippen molar-refractivity contribution in [3.05, 3.63) is 52.2 Å². The molecule has 20 heavy (non-hydrogen) atoms. The summed E-state index contributed by atoms with van der Waals surface area (Å²) in [6, 6.07) is 9.71. The van der Waals surface area contributed by atoms with Crippen LogP contribution in [0.25, 0.3) is 0 Å². The monoisotopic (exact) mass is 290 g/mol. The summed E-state index contributed by atoms with van der Waals surface area (Å²) in [4.78, 5) is 23.5. The van der Waals surface area contributed by atoms with E-state index in [-0.39, 0.29) is 11.6 Å². The minimum Gasteiger partial charge on any atom is -0.478 e. The van der Waals surface area contributed by atoms with Crippen molar-refractivity contribution in [3.63, 3.8) is 0 Å². The van der Waals surface area contributed by atoms with E-state index >= 15 is 0 Å². The molecule has 1 heterocycles. The van der Waals surface area contributed by atoms with Crippen molar-refractivity contribution in [1.82, 2.24) is 5.32 Å². The molecular formula is C14H14N2O3S. The summed E-state index contributed by atoms with van der Waals surface area (Å²) in [5.74, 6) is -0.989. The summed E-state index contributed by atoms with van der Waals surface area (Å²) in [5, 5.41) is 16.2. The molecule has 0 atom stereocenters. The van der Waals surface area contributed by atoms with Crippen LogP contribution in [0.15, 0.2) is 41.8 Å². The van der Waals surface area contributed by atoms with Crippen LogP contribution in [0.5, 0.6) is 0 Å². The second-order valence-electron chi connectivity index (χ2n) is 4.09. The van der Waals surface area contributed by atoms with Crippen LogP contribution in [-0.2, 0) is 6.42 Å². The highest BCUT2D eigenvalue weighted by Crippen LogP contribution is 2.10. The maximum atomic E-state index is 11.6. The topological polar surface area (TPSA) is 78.4 Å². The Bertz CT molecular complexity index is 579. The van der Waals surface area contributed by atoms with E-state index in [9.17, 15) is 9.59 Å². The summed E-state index contributed by atoms with van der Waals surface area (Å²) in [6.45, 7) is 0.555. The quantitative estimate of drug-likeness (QED) is 0.792. The number of carbonyl (C=O) groups is 2. The van der Waals surface area contributed by atoms with E-state index in [0.717, 1.165) is 6.42 Å². The molecule has 0 radical (unpaired) electrons. The van der Waals surface area contributed by atoms with Gasteiger partial charge < -0.3 is 15.7 Å². The first-order valence-corrected chi connectivity index (χ1v) is 6.94. The van der Waals surface area contributed by atoms with Crippen molar-refractivity contribution in [2.45, 2.75) is 6.42 Å². The molecule has 0 saturated carbocycles. The number of benzene rings is 1. The molecule has 0 aliphatic rings. The van der Waals surface area contributed by atoms with E-state index in [1.807, 2.05) is 17.5 Å². The van der Waals surface area contributed by atoms with Crippen LogP contribution >= 0.6 is 11.3 Å². The Balaban J connectivity index is 1.77. The second-order valence-corrected chi connectivity index (χ2v) is 5.13. The highest BCUT2D eigenvalue weighted by Gasteiger charge is 2.04. The van der Waals surface area contributed by atoms with E-state index in [0.29, 0.717) is 12.2 Å². The lowest BCUT2D eigenvalue weighted by Crippen LogP contribution is -2.30. The molecule has 0 aliphatic heterocycles. The van der Waals surface area contributed by atoms with Gasteiger partial charge in [-0.25, -0.2) is 9.59 Å². The molecule has 2 rings (SSSR count).